The monoisotopic (exact) mass is 497 g/mol. The maximum atomic E-state index is 13.3. The van der Waals surface area contributed by atoms with Gasteiger partial charge in [-0.1, -0.05) is 23.4 Å². The standard InChI is InChI=1S/C23H20ClN5O4S/c1-32-16-7-8-18(19(10-16)33-2)26-20(30)9-15-12-34-23-27-21-17(22(31)28(15)23)11-25-29(21)14-5-3-13(24)4-6-14/h3-8,10-11,15H,9,12H2,1-2H3,(H,26,30). The number of nitrogens with zero attached hydrogens (tertiary/aromatic N) is 4. The Morgan fingerprint density at radius 1 is 1.21 bits per heavy atom. The molecule has 11 heteroatoms. The van der Waals surface area contributed by atoms with Crippen LogP contribution in [0.3, 0.4) is 0 Å². The van der Waals surface area contributed by atoms with E-state index < -0.39 is 0 Å². The molecule has 5 rings (SSSR count). The van der Waals surface area contributed by atoms with Gasteiger partial charge in [-0.25, -0.2) is 9.67 Å². The lowest BCUT2D eigenvalue weighted by Crippen LogP contribution is -2.27. The van der Waals surface area contributed by atoms with Crippen LogP contribution in [0.1, 0.15) is 12.5 Å². The number of carbonyl (C=O) groups excluding carboxylic acids is 1. The highest BCUT2D eigenvalue weighted by atomic mass is 35.5. The van der Waals surface area contributed by atoms with Crippen LogP contribution >= 0.6 is 23.4 Å². The summed E-state index contributed by atoms with van der Waals surface area (Å²) in [5.74, 6) is 1.45. The van der Waals surface area contributed by atoms with Crippen molar-refractivity contribution >= 4 is 46.0 Å². The molecule has 0 bridgehead atoms. The average molecular weight is 498 g/mol. The first-order chi connectivity index (χ1) is 16.5. The largest absolute Gasteiger partial charge is 0.497 e. The molecule has 174 valence electrons. The van der Waals surface area contributed by atoms with Crippen LogP contribution < -0.4 is 20.3 Å². The van der Waals surface area contributed by atoms with Crippen LogP contribution in [-0.2, 0) is 4.79 Å². The molecule has 1 unspecified atom stereocenters. The lowest BCUT2D eigenvalue weighted by atomic mass is 10.2. The first-order valence-electron chi connectivity index (χ1n) is 10.4. The minimum atomic E-state index is -0.326. The zero-order valence-electron chi connectivity index (χ0n) is 18.3. The summed E-state index contributed by atoms with van der Waals surface area (Å²) >= 11 is 7.43. The predicted molar refractivity (Wildman–Crippen MR) is 131 cm³/mol. The van der Waals surface area contributed by atoms with Crippen molar-refractivity contribution in [3.63, 3.8) is 0 Å². The Balaban J connectivity index is 1.41. The Morgan fingerprint density at radius 3 is 2.74 bits per heavy atom. The van der Waals surface area contributed by atoms with Gasteiger partial charge in [-0.2, -0.15) is 5.10 Å². The second-order valence-corrected chi connectivity index (χ2v) is 9.05. The quantitative estimate of drug-likeness (QED) is 0.403. The number of aromatic nitrogens is 4. The van der Waals surface area contributed by atoms with E-state index >= 15 is 0 Å². The summed E-state index contributed by atoms with van der Waals surface area (Å²) in [6, 6.07) is 12.0. The van der Waals surface area contributed by atoms with Gasteiger partial charge in [-0.15, -0.1) is 0 Å². The van der Waals surface area contributed by atoms with Gasteiger partial charge in [0.05, 0.1) is 37.8 Å². The molecule has 1 amide bonds. The third-order valence-electron chi connectivity index (χ3n) is 5.55. The predicted octanol–water partition coefficient (Wildman–Crippen LogP) is 3.93. The second-order valence-electron chi connectivity index (χ2n) is 7.62. The lowest BCUT2D eigenvalue weighted by molar-refractivity contribution is -0.116. The van der Waals surface area contributed by atoms with Gasteiger partial charge < -0.3 is 14.8 Å². The summed E-state index contributed by atoms with van der Waals surface area (Å²) in [6.45, 7) is 0. The number of nitrogens with one attached hydrogen (secondary N) is 1. The fourth-order valence-corrected chi connectivity index (χ4v) is 5.13. The number of rotatable bonds is 6. The number of methoxy groups -OCH3 is 2. The normalized spacial score (nSPS) is 14.7. The first-order valence-corrected chi connectivity index (χ1v) is 11.8. The number of thioether (sulfide) groups is 1. The fraction of sp³-hybridized carbons (Fsp3) is 0.217. The number of hydrogen-bond donors (Lipinski definition) is 1. The van der Waals surface area contributed by atoms with E-state index in [1.165, 1.54) is 25.1 Å². The molecule has 2 aromatic carbocycles. The Morgan fingerprint density at radius 2 is 2.00 bits per heavy atom. The summed E-state index contributed by atoms with van der Waals surface area (Å²) in [5.41, 5.74) is 1.54. The van der Waals surface area contributed by atoms with Gasteiger partial charge in [0.25, 0.3) is 5.56 Å². The van der Waals surface area contributed by atoms with Gasteiger partial charge in [0.2, 0.25) is 5.91 Å². The summed E-state index contributed by atoms with van der Waals surface area (Å²) in [6.07, 6.45) is 1.63. The van der Waals surface area contributed by atoms with Gasteiger partial charge in [0.1, 0.15) is 16.9 Å². The number of ether oxygens (including phenoxy) is 2. The van der Waals surface area contributed by atoms with Crippen molar-refractivity contribution in [1.29, 1.82) is 0 Å². The molecule has 1 aliphatic heterocycles. The fourth-order valence-electron chi connectivity index (χ4n) is 3.87. The van der Waals surface area contributed by atoms with Crippen LogP contribution in [-0.4, -0.2) is 45.2 Å². The van der Waals surface area contributed by atoms with Crippen LogP contribution in [0.5, 0.6) is 11.5 Å². The molecule has 0 fully saturated rings. The molecule has 0 aliphatic carbocycles. The van der Waals surface area contributed by atoms with Crippen LogP contribution in [0.4, 0.5) is 5.69 Å². The Labute approximate surface area is 203 Å². The molecule has 9 nitrogen and oxygen atoms in total. The van der Waals surface area contributed by atoms with E-state index in [1.807, 2.05) is 12.1 Å². The molecular weight excluding hydrogens is 478 g/mol. The van der Waals surface area contributed by atoms with E-state index in [0.29, 0.717) is 44.2 Å². The molecule has 0 radical (unpaired) electrons. The Hall–Kier alpha value is -3.50. The third-order valence-corrected chi connectivity index (χ3v) is 6.90. The molecule has 1 atom stereocenters. The van der Waals surface area contributed by atoms with Crippen molar-refractivity contribution in [2.24, 2.45) is 0 Å². The van der Waals surface area contributed by atoms with E-state index in [4.69, 9.17) is 26.1 Å². The zero-order chi connectivity index (χ0) is 23.8. The van der Waals surface area contributed by atoms with Gasteiger partial charge in [0.15, 0.2) is 10.8 Å². The molecule has 0 saturated carbocycles. The van der Waals surface area contributed by atoms with Crippen molar-refractivity contribution in [1.82, 2.24) is 19.3 Å². The average Bonchev–Trinajstić information content (AvgIpc) is 3.45. The highest BCUT2D eigenvalue weighted by molar-refractivity contribution is 7.99. The van der Waals surface area contributed by atoms with Crippen molar-refractivity contribution < 1.29 is 14.3 Å². The van der Waals surface area contributed by atoms with E-state index in [9.17, 15) is 9.59 Å². The molecular formula is C23H20ClN5O4S. The third kappa shape index (κ3) is 3.99. The second kappa shape index (κ2) is 9.03. The van der Waals surface area contributed by atoms with Crippen molar-refractivity contribution in [3.05, 3.63) is 64.0 Å². The maximum absolute atomic E-state index is 13.3. The smallest absolute Gasteiger partial charge is 0.265 e. The topological polar surface area (TPSA) is 100 Å². The summed E-state index contributed by atoms with van der Waals surface area (Å²) in [5, 5.41) is 8.79. The van der Waals surface area contributed by atoms with Crippen molar-refractivity contribution in [2.45, 2.75) is 17.6 Å². The first kappa shape index (κ1) is 22.3. The van der Waals surface area contributed by atoms with Gasteiger partial charge >= 0.3 is 0 Å². The zero-order valence-corrected chi connectivity index (χ0v) is 19.9. The highest BCUT2D eigenvalue weighted by Gasteiger charge is 2.30. The number of carbonyl (C=O) groups is 1. The molecule has 2 aromatic heterocycles. The van der Waals surface area contributed by atoms with Crippen molar-refractivity contribution in [2.75, 3.05) is 25.3 Å². The van der Waals surface area contributed by atoms with E-state index in [-0.39, 0.29) is 23.9 Å². The van der Waals surface area contributed by atoms with Gasteiger partial charge in [0, 0.05) is 23.3 Å². The number of anilines is 1. The van der Waals surface area contributed by atoms with Gasteiger partial charge in [-0.05, 0) is 36.4 Å². The van der Waals surface area contributed by atoms with E-state index in [2.05, 4.69) is 10.4 Å². The number of hydrogen-bond acceptors (Lipinski definition) is 7. The molecule has 1 aliphatic rings. The molecule has 0 saturated heterocycles. The van der Waals surface area contributed by atoms with Crippen LogP contribution in [0, 0.1) is 0 Å². The summed E-state index contributed by atoms with van der Waals surface area (Å²) in [4.78, 5) is 30.8. The molecule has 4 aromatic rings. The van der Waals surface area contributed by atoms with Gasteiger partial charge in [-0.3, -0.25) is 14.2 Å². The summed E-state index contributed by atoms with van der Waals surface area (Å²) in [7, 11) is 3.08. The number of halogens is 1. The van der Waals surface area contributed by atoms with E-state index in [0.717, 1.165) is 5.69 Å². The maximum Gasteiger partial charge on any atom is 0.265 e. The Kier molecular flexibility index (Phi) is 5.93. The minimum absolute atomic E-state index is 0.119. The van der Waals surface area contributed by atoms with Crippen LogP contribution in [0.25, 0.3) is 16.7 Å². The van der Waals surface area contributed by atoms with Crippen LogP contribution in [0.15, 0.2) is 58.6 Å². The molecule has 34 heavy (non-hydrogen) atoms. The number of fused-ring (bicyclic) bond motifs is 2. The lowest BCUT2D eigenvalue weighted by Gasteiger charge is -2.15. The van der Waals surface area contributed by atoms with E-state index in [1.54, 1.807) is 46.7 Å². The molecule has 0 spiro atoms. The number of amides is 1. The Bertz CT molecular complexity index is 1450. The van der Waals surface area contributed by atoms with Crippen LogP contribution in [0.2, 0.25) is 5.02 Å². The highest BCUT2D eigenvalue weighted by Crippen LogP contribution is 2.34. The minimum Gasteiger partial charge on any atom is -0.497 e. The SMILES string of the molecule is COc1ccc(NC(=O)CC2CSc3nc4c(cnn4-c4ccc(Cl)cc4)c(=O)n32)c(OC)c1. The molecule has 1 N–H and O–H groups in total. The summed E-state index contributed by atoms with van der Waals surface area (Å²) < 4.78 is 13.7. The molecule has 3 heterocycles. The van der Waals surface area contributed by atoms with Crippen molar-refractivity contribution in [3.8, 4) is 17.2 Å². The number of benzene rings is 2.